The Morgan fingerprint density at radius 3 is 2.78 bits per heavy atom. The summed E-state index contributed by atoms with van der Waals surface area (Å²) in [6, 6.07) is 13.7. The van der Waals surface area contributed by atoms with Crippen molar-refractivity contribution in [3.05, 3.63) is 53.6 Å². The lowest BCUT2D eigenvalue weighted by Gasteiger charge is -2.08. The molecule has 0 amide bonds. The minimum Gasteiger partial charge on any atom is -0.508 e. The lowest BCUT2D eigenvalue weighted by molar-refractivity contribution is 0.304. The van der Waals surface area contributed by atoms with Gasteiger partial charge >= 0.3 is 0 Å². The summed E-state index contributed by atoms with van der Waals surface area (Å²) in [6.45, 7) is 0.285. The van der Waals surface area contributed by atoms with E-state index in [1.807, 2.05) is 12.1 Å². The number of nitriles is 1. The summed E-state index contributed by atoms with van der Waals surface area (Å²) in [5.74, 6) is 0.670. The number of phenols is 1. The predicted octanol–water partition coefficient (Wildman–Crippen LogP) is 2.43. The van der Waals surface area contributed by atoms with Crippen molar-refractivity contribution in [1.82, 2.24) is 0 Å². The monoisotopic (exact) mass is 240 g/mol. The first-order valence-electron chi connectivity index (χ1n) is 5.39. The van der Waals surface area contributed by atoms with Crippen molar-refractivity contribution in [2.24, 2.45) is 0 Å². The number of benzene rings is 2. The molecule has 0 aliphatic rings. The Labute approximate surface area is 105 Å². The first kappa shape index (κ1) is 11.8. The zero-order valence-corrected chi connectivity index (χ0v) is 9.63. The standard InChI is InChI=1S/C14H12N2O2/c15-8-11-7-12(16)4-5-14(11)18-9-10-2-1-3-13(17)6-10/h1-7,17H,9,16H2. The van der Waals surface area contributed by atoms with Crippen LogP contribution < -0.4 is 10.5 Å². The molecule has 18 heavy (non-hydrogen) atoms. The smallest absolute Gasteiger partial charge is 0.137 e. The van der Waals surface area contributed by atoms with Crippen LogP contribution in [0.2, 0.25) is 0 Å². The molecule has 90 valence electrons. The molecule has 4 nitrogen and oxygen atoms in total. The molecule has 0 aromatic heterocycles. The van der Waals surface area contributed by atoms with Gasteiger partial charge in [0.2, 0.25) is 0 Å². The molecule has 0 aliphatic carbocycles. The Hall–Kier alpha value is -2.67. The van der Waals surface area contributed by atoms with Gasteiger partial charge in [0.05, 0.1) is 5.56 Å². The van der Waals surface area contributed by atoms with Crippen molar-refractivity contribution in [1.29, 1.82) is 5.26 Å². The zero-order chi connectivity index (χ0) is 13.0. The second kappa shape index (κ2) is 5.11. The number of anilines is 1. The highest BCUT2D eigenvalue weighted by Crippen LogP contribution is 2.22. The lowest BCUT2D eigenvalue weighted by atomic mass is 10.2. The van der Waals surface area contributed by atoms with Crippen molar-refractivity contribution in [2.45, 2.75) is 6.61 Å². The second-order valence-corrected chi connectivity index (χ2v) is 3.83. The van der Waals surface area contributed by atoms with Crippen LogP contribution in [0.3, 0.4) is 0 Å². The number of nitrogens with zero attached hydrogens (tertiary/aromatic N) is 1. The van der Waals surface area contributed by atoms with E-state index in [9.17, 15) is 5.11 Å². The normalized spacial score (nSPS) is 9.72. The fourth-order valence-corrected chi connectivity index (χ4v) is 1.57. The summed E-state index contributed by atoms with van der Waals surface area (Å²) in [7, 11) is 0. The van der Waals surface area contributed by atoms with Crippen LogP contribution in [0.5, 0.6) is 11.5 Å². The third kappa shape index (κ3) is 2.71. The van der Waals surface area contributed by atoms with Crippen molar-refractivity contribution in [2.75, 3.05) is 5.73 Å². The Morgan fingerprint density at radius 1 is 1.22 bits per heavy atom. The van der Waals surface area contributed by atoms with E-state index in [1.54, 1.807) is 36.4 Å². The first-order valence-corrected chi connectivity index (χ1v) is 5.39. The number of nitrogen functional groups attached to an aromatic ring is 1. The van der Waals surface area contributed by atoms with Crippen molar-refractivity contribution >= 4 is 5.69 Å². The number of ether oxygens (including phenoxy) is 1. The summed E-state index contributed by atoms with van der Waals surface area (Å²) >= 11 is 0. The summed E-state index contributed by atoms with van der Waals surface area (Å²) in [6.07, 6.45) is 0. The first-order chi connectivity index (χ1) is 8.69. The predicted molar refractivity (Wildman–Crippen MR) is 68.0 cm³/mol. The minimum absolute atomic E-state index is 0.189. The number of hydrogen-bond acceptors (Lipinski definition) is 4. The number of phenolic OH excluding ortho intramolecular Hbond substituents is 1. The Balaban J connectivity index is 2.14. The fraction of sp³-hybridized carbons (Fsp3) is 0.0714. The Bertz CT molecular complexity index is 603. The van der Waals surface area contributed by atoms with Crippen LogP contribution in [-0.2, 0) is 6.61 Å². The Kier molecular flexibility index (Phi) is 3.35. The molecular formula is C14H12N2O2. The van der Waals surface area contributed by atoms with Crippen molar-refractivity contribution in [3.63, 3.8) is 0 Å². The van der Waals surface area contributed by atoms with Gasteiger partial charge < -0.3 is 15.6 Å². The molecule has 2 aromatic carbocycles. The van der Waals surface area contributed by atoms with Gasteiger partial charge in [-0.05, 0) is 35.9 Å². The summed E-state index contributed by atoms with van der Waals surface area (Å²) in [5, 5.41) is 18.3. The molecule has 3 N–H and O–H groups in total. The van der Waals surface area contributed by atoms with E-state index in [1.165, 1.54) is 0 Å². The summed E-state index contributed by atoms with van der Waals surface area (Å²) in [5.41, 5.74) is 7.34. The topological polar surface area (TPSA) is 79.3 Å². The molecule has 0 saturated heterocycles. The second-order valence-electron chi connectivity index (χ2n) is 3.83. The molecule has 2 rings (SSSR count). The molecular weight excluding hydrogens is 228 g/mol. The van der Waals surface area contributed by atoms with Gasteiger partial charge in [-0.25, -0.2) is 0 Å². The molecule has 0 unspecified atom stereocenters. The van der Waals surface area contributed by atoms with Crippen LogP contribution in [0.1, 0.15) is 11.1 Å². The van der Waals surface area contributed by atoms with Crippen LogP contribution in [0.25, 0.3) is 0 Å². The molecule has 0 saturated carbocycles. The summed E-state index contributed by atoms with van der Waals surface area (Å²) < 4.78 is 5.53. The largest absolute Gasteiger partial charge is 0.508 e. The van der Waals surface area contributed by atoms with Gasteiger partial charge in [-0.2, -0.15) is 5.26 Å². The van der Waals surface area contributed by atoms with Gasteiger partial charge in [-0.1, -0.05) is 12.1 Å². The number of nitrogens with two attached hydrogens (primary N) is 1. The number of hydrogen-bond donors (Lipinski definition) is 2. The average Bonchev–Trinajstić information content (AvgIpc) is 2.37. The highest BCUT2D eigenvalue weighted by atomic mass is 16.5. The van der Waals surface area contributed by atoms with E-state index in [2.05, 4.69) is 0 Å². The van der Waals surface area contributed by atoms with Gasteiger partial charge in [-0.3, -0.25) is 0 Å². The van der Waals surface area contributed by atoms with Crippen LogP contribution in [0, 0.1) is 11.3 Å². The third-order valence-electron chi connectivity index (χ3n) is 2.43. The van der Waals surface area contributed by atoms with Gasteiger partial charge in [0.15, 0.2) is 0 Å². The maximum atomic E-state index is 9.32. The van der Waals surface area contributed by atoms with Gasteiger partial charge in [0.25, 0.3) is 0 Å². The van der Waals surface area contributed by atoms with E-state index in [0.29, 0.717) is 17.0 Å². The van der Waals surface area contributed by atoms with Gasteiger partial charge in [-0.15, -0.1) is 0 Å². The lowest BCUT2D eigenvalue weighted by Crippen LogP contribution is -1.98. The molecule has 0 bridgehead atoms. The van der Waals surface area contributed by atoms with Crippen molar-refractivity contribution in [3.8, 4) is 17.6 Å². The maximum absolute atomic E-state index is 9.32. The molecule has 0 aliphatic heterocycles. The quantitative estimate of drug-likeness (QED) is 0.807. The maximum Gasteiger partial charge on any atom is 0.137 e. The Morgan fingerprint density at radius 2 is 2.06 bits per heavy atom. The van der Waals surface area contributed by atoms with Crippen LogP contribution >= 0.6 is 0 Å². The van der Waals surface area contributed by atoms with E-state index in [4.69, 9.17) is 15.7 Å². The van der Waals surface area contributed by atoms with Crippen LogP contribution in [0.4, 0.5) is 5.69 Å². The van der Waals surface area contributed by atoms with E-state index in [0.717, 1.165) is 5.56 Å². The van der Waals surface area contributed by atoms with Crippen molar-refractivity contribution < 1.29 is 9.84 Å². The van der Waals surface area contributed by atoms with Crippen LogP contribution in [-0.4, -0.2) is 5.11 Å². The van der Waals surface area contributed by atoms with Crippen LogP contribution in [0.15, 0.2) is 42.5 Å². The van der Waals surface area contributed by atoms with E-state index in [-0.39, 0.29) is 12.4 Å². The zero-order valence-electron chi connectivity index (χ0n) is 9.63. The number of aromatic hydroxyl groups is 1. The SMILES string of the molecule is N#Cc1cc(N)ccc1OCc1cccc(O)c1. The molecule has 0 radical (unpaired) electrons. The summed E-state index contributed by atoms with van der Waals surface area (Å²) in [4.78, 5) is 0. The molecule has 0 heterocycles. The minimum atomic E-state index is 0.189. The average molecular weight is 240 g/mol. The molecule has 0 fully saturated rings. The molecule has 2 aromatic rings. The van der Waals surface area contributed by atoms with Gasteiger partial charge in [0, 0.05) is 5.69 Å². The molecule has 0 atom stereocenters. The third-order valence-corrected chi connectivity index (χ3v) is 2.43. The van der Waals surface area contributed by atoms with E-state index >= 15 is 0 Å². The highest BCUT2D eigenvalue weighted by molar-refractivity contribution is 5.53. The molecule has 4 heteroatoms. The highest BCUT2D eigenvalue weighted by Gasteiger charge is 2.04. The fourth-order valence-electron chi connectivity index (χ4n) is 1.57. The number of rotatable bonds is 3. The van der Waals surface area contributed by atoms with Gasteiger partial charge in [0.1, 0.15) is 24.2 Å². The van der Waals surface area contributed by atoms with E-state index < -0.39 is 0 Å². The molecule has 0 spiro atoms.